The molecule has 3 aromatic rings. The van der Waals surface area contributed by atoms with Crippen LogP contribution >= 0.6 is 11.3 Å². The first kappa shape index (κ1) is 23.8. The number of halogens is 2. The number of carbonyl (C=O) groups is 2. The molecule has 0 radical (unpaired) electrons. The van der Waals surface area contributed by atoms with E-state index in [0.29, 0.717) is 31.0 Å². The lowest BCUT2D eigenvalue weighted by molar-refractivity contribution is -0.128. The van der Waals surface area contributed by atoms with Crippen molar-refractivity contribution in [2.75, 3.05) is 11.9 Å². The third-order valence-electron chi connectivity index (χ3n) is 5.57. The summed E-state index contributed by atoms with van der Waals surface area (Å²) >= 11 is 0.958. The summed E-state index contributed by atoms with van der Waals surface area (Å²) in [7, 11) is 0. The summed E-state index contributed by atoms with van der Waals surface area (Å²) in [6, 6.07) is 8.70. The van der Waals surface area contributed by atoms with Crippen LogP contribution < -0.4 is 11.1 Å². The number of aromatic nitrogens is 1. The molecule has 178 valence electrons. The van der Waals surface area contributed by atoms with E-state index in [0.717, 1.165) is 29.9 Å². The molecule has 3 heterocycles. The van der Waals surface area contributed by atoms with Crippen LogP contribution in [-0.4, -0.2) is 33.3 Å². The molecule has 1 aliphatic rings. The minimum absolute atomic E-state index is 0.0623. The number of rotatable bonds is 7. The summed E-state index contributed by atoms with van der Waals surface area (Å²) in [6.07, 6.45) is 1.35. The van der Waals surface area contributed by atoms with E-state index in [9.17, 15) is 23.5 Å². The van der Waals surface area contributed by atoms with E-state index in [2.05, 4.69) is 10.3 Å². The Morgan fingerprint density at radius 1 is 1.26 bits per heavy atom. The molecular formula is C24H24F2N4O3S. The highest BCUT2D eigenvalue weighted by Gasteiger charge is 2.25. The zero-order valence-corrected chi connectivity index (χ0v) is 19.5. The second-order valence-corrected chi connectivity index (χ2v) is 9.70. The molecule has 0 unspecified atom stereocenters. The van der Waals surface area contributed by atoms with Crippen LogP contribution in [-0.2, 0) is 16.9 Å². The number of amides is 2. The average Bonchev–Trinajstić information content (AvgIpc) is 3.33. The first-order valence-corrected chi connectivity index (χ1v) is 11.5. The number of thiophene rings is 1. The molecule has 4 N–H and O–H groups in total. The van der Waals surface area contributed by atoms with Crippen molar-refractivity contribution in [3.63, 3.8) is 0 Å². The van der Waals surface area contributed by atoms with Crippen LogP contribution in [0.1, 0.15) is 48.3 Å². The number of primary amides is 1. The minimum Gasteiger partial charge on any atom is -0.386 e. The minimum atomic E-state index is -1.42. The van der Waals surface area contributed by atoms with Crippen LogP contribution in [0.2, 0.25) is 0 Å². The van der Waals surface area contributed by atoms with Gasteiger partial charge in [-0.15, -0.1) is 11.3 Å². The highest BCUT2D eigenvalue weighted by molar-refractivity contribution is 7.20. The molecule has 34 heavy (non-hydrogen) atoms. The van der Waals surface area contributed by atoms with Gasteiger partial charge in [0.1, 0.15) is 22.5 Å². The van der Waals surface area contributed by atoms with Gasteiger partial charge in [-0.05, 0) is 56.2 Å². The molecular weight excluding hydrogens is 462 g/mol. The lowest BCUT2D eigenvalue weighted by atomic mass is 9.96. The fourth-order valence-electron chi connectivity index (χ4n) is 3.77. The summed E-state index contributed by atoms with van der Waals surface area (Å²) in [5.74, 6) is -2.01. The van der Waals surface area contributed by atoms with Gasteiger partial charge >= 0.3 is 0 Å². The Hall–Kier alpha value is -3.37. The molecule has 1 fully saturated rings. The lowest BCUT2D eigenvalue weighted by Crippen LogP contribution is -2.24. The van der Waals surface area contributed by atoms with Gasteiger partial charge in [-0.3, -0.25) is 9.59 Å². The molecule has 1 saturated heterocycles. The molecule has 2 aromatic heterocycles. The number of aliphatic hydroxyl groups is 1. The van der Waals surface area contributed by atoms with Gasteiger partial charge in [-0.2, -0.15) is 0 Å². The van der Waals surface area contributed by atoms with Crippen LogP contribution in [0.4, 0.5) is 19.6 Å². The largest absolute Gasteiger partial charge is 0.386 e. The van der Waals surface area contributed by atoms with Crippen LogP contribution in [0.3, 0.4) is 0 Å². The van der Waals surface area contributed by atoms with E-state index in [4.69, 9.17) is 5.73 Å². The van der Waals surface area contributed by atoms with Gasteiger partial charge in [0.2, 0.25) is 5.91 Å². The second kappa shape index (κ2) is 9.11. The fraction of sp³-hybridized carbons (Fsp3) is 0.292. The number of anilines is 2. The van der Waals surface area contributed by atoms with Gasteiger partial charge in [-0.25, -0.2) is 13.8 Å². The number of pyridine rings is 1. The van der Waals surface area contributed by atoms with E-state index < -0.39 is 23.1 Å². The monoisotopic (exact) mass is 486 g/mol. The van der Waals surface area contributed by atoms with Crippen molar-refractivity contribution in [2.45, 2.75) is 38.8 Å². The smallest absolute Gasteiger partial charge is 0.251 e. The second-order valence-electron chi connectivity index (χ2n) is 8.65. The molecule has 1 aromatic carbocycles. The molecule has 0 saturated carbocycles. The number of hydrogen-bond acceptors (Lipinski definition) is 6. The summed E-state index contributed by atoms with van der Waals surface area (Å²) < 4.78 is 29.7. The standard InChI is InChI=1S/C24H24F2N4O3S/c1-24(2,33)13-9-16(25)21(17(26)10-13)18-11-15(22(27)32)23(34-18)29-19-6-3-5-14(28-19)12-30-8-4-7-20(30)31/h3,5-6,9-11,33H,4,7-8,12H2,1-2H3,(H2,27,32)(H,28,29). The quantitative estimate of drug-likeness (QED) is 0.462. The van der Waals surface area contributed by atoms with E-state index in [1.165, 1.54) is 19.9 Å². The van der Waals surface area contributed by atoms with Crippen molar-refractivity contribution in [1.29, 1.82) is 0 Å². The Kier molecular flexibility index (Phi) is 6.37. The molecule has 4 rings (SSSR count). The Bertz CT molecular complexity index is 1250. The number of nitrogens with two attached hydrogens (primary N) is 1. The molecule has 0 aliphatic carbocycles. The zero-order chi connectivity index (χ0) is 24.6. The van der Waals surface area contributed by atoms with E-state index in [1.807, 2.05) is 0 Å². The Morgan fingerprint density at radius 2 is 1.97 bits per heavy atom. The van der Waals surface area contributed by atoms with Gasteiger partial charge in [-0.1, -0.05) is 6.07 Å². The average molecular weight is 487 g/mol. The van der Waals surface area contributed by atoms with E-state index in [-0.39, 0.29) is 32.5 Å². The maximum atomic E-state index is 14.8. The summed E-state index contributed by atoms with van der Waals surface area (Å²) in [6.45, 7) is 3.92. The van der Waals surface area contributed by atoms with Crippen LogP contribution in [0.15, 0.2) is 36.4 Å². The van der Waals surface area contributed by atoms with Crippen molar-refractivity contribution >= 4 is 34.0 Å². The Morgan fingerprint density at radius 3 is 2.56 bits per heavy atom. The maximum absolute atomic E-state index is 14.8. The Balaban J connectivity index is 1.65. The molecule has 0 spiro atoms. The van der Waals surface area contributed by atoms with Gasteiger partial charge in [0, 0.05) is 17.8 Å². The van der Waals surface area contributed by atoms with Gasteiger partial charge in [0.05, 0.1) is 29.0 Å². The van der Waals surface area contributed by atoms with Crippen molar-refractivity contribution in [1.82, 2.24) is 9.88 Å². The summed E-state index contributed by atoms with van der Waals surface area (Å²) in [5, 5.41) is 13.4. The first-order valence-electron chi connectivity index (χ1n) is 10.7. The van der Waals surface area contributed by atoms with Crippen LogP contribution in [0.25, 0.3) is 10.4 Å². The number of benzene rings is 1. The van der Waals surface area contributed by atoms with E-state index >= 15 is 0 Å². The normalized spacial score (nSPS) is 14.0. The predicted octanol–water partition coefficient (Wildman–Crippen LogP) is 4.28. The first-order chi connectivity index (χ1) is 16.0. The summed E-state index contributed by atoms with van der Waals surface area (Å²) in [5.41, 5.74) is 4.59. The van der Waals surface area contributed by atoms with Crippen molar-refractivity contribution < 1.29 is 23.5 Å². The number of carbonyl (C=O) groups excluding carboxylic acids is 2. The molecule has 0 atom stereocenters. The molecule has 10 heteroatoms. The van der Waals surface area contributed by atoms with Crippen LogP contribution in [0, 0.1) is 11.6 Å². The van der Waals surface area contributed by atoms with E-state index in [1.54, 1.807) is 23.1 Å². The van der Waals surface area contributed by atoms with Crippen molar-refractivity contribution in [3.8, 4) is 10.4 Å². The maximum Gasteiger partial charge on any atom is 0.251 e. The van der Waals surface area contributed by atoms with Crippen molar-refractivity contribution in [2.24, 2.45) is 5.73 Å². The van der Waals surface area contributed by atoms with Gasteiger partial charge in [0.25, 0.3) is 5.91 Å². The topological polar surface area (TPSA) is 109 Å². The fourth-order valence-corrected chi connectivity index (χ4v) is 4.89. The summed E-state index contributed by atoms with van der Waals surface area (Å²) in [4.78, 5) is 30.3. The number of hydrogen-bond donors (Lipinski definition) is 3. The molecule has 0 bridgehead atoms. The van der Waals surface area contributed by atoms with Crippen LogP contribution in [0.5, 0.6) is 0 Å². The zero-order valence-electron chi connectivity index (χ0n) is 18.7. The SMILES string of the molecule is CC(C)(O)c1cc(F)c(-c2cc(C(N)=O)c(Nc3cccc(CN4CCCC4=O)n3)s2)c(F)c1. The number of likely N-dealkylation sites (tertiary alicyclic amines) is 1. The Labute approximate surface area is 199 Å². The number of nitrogens with one attached hydrogen (secondary N) is 1. The van der Waals surface area contributed by atoms with Crippen molar-refractivity contribution in [3.05, 3.63) is 64.9 Å². The molecule has 7 nitrogen and oxygen atoms in total. The van der Waals surface area contributed by atoms with Gasteiger partial charge in [0.15, 0.2) is 0 Å². The molecule has 2 amide bonds. The highest BCUT2D eigenvalue weighted by atomic mass is 32.1. The molecule has 1 aliphatic heterocycles. The predicted molar refractivity (Wildman–Crippen MR) is 126 cm³/mol. The third kappa shape index (κ3) is 4.92. The highest BCUT2D eigenvalue weighted by Crippen LogP contribution is 2.40. The third-order valence-corrected chi connectivity index (χ3v) is 6.63. The lowest BCUT2D eigenvalue weighted by Gasteiger charge is -2.18. The number of nitrogens with zero attached hydrogens (tertiary/aromatic N) is 2. The van der Waals surface area contributed by atoms with Gasteiger partial charge < -0.3 is 21.1 Å².